The number of hydrogen-bond acceptors (Lipinski definition) is 2. The largest absolute Gasteiger partial charge is 0.300 e. The summed E-state index contributed by atoms with van der Waals surface area (Å²) in [5, 5.41) is 0. The molecule has 0 unspecified atom stereocenters. The number of rotatable bonds is 8. The fourth-order valence-corrected chi connectivity index (χ4v) is 1.69. The Morgan fingerprint density at radius 3 is 2.75 bits per heavy atom. The van der Waals surface area contributed by atoms with E-state index in [1.807, 2.05) is 18.2 Å². The summed E-state index contributed by atoms with van der Waals surface area (Å²) in [5.74, 6) is 0.377. The zero-order chi connectivity index (χ0) is 11.6. The highest BCUT2D eigenvalue weighted by molar-refractivity contribution is 5.78. The Hall–Kier alpha value is -1.18. The van der Waals surface area contributed by atoms with Crippen LogP contribution in [0, 0.1) is 0 Å². The van der Waals surface area contributed by atoms with Gasteiger partial charge in [-0.3, -0.25) is 9.78 Å². The quantitative estimate of drug-likeness (QED) is 0.626. The van der Waals surface area contributed by atoms with Crippen LogP contribution in [0.5, 0.6) is 0 Å². The highest BCUT2D eigenvalue weighted by atomic mass is 16.1. The van der Waals surface area contributed by atoms with Crippen LogP contribution in [0.15, 0.2) is 24.4 Å². The van der Waals surface area contributed by atoms with E-state index >= 15 is 0 Å². The maximum Gasteiger partial charge on any atom is 0.133 e. The standard InChI is InChI=1S/C14H21NO/c1-2-3-4-5-9-14(16)11-10-13-8-6-7-12-15-13/h6-8,12H,2-5,9-11H2,1H3. The predicted octanol–water partition coefficient (Wildman–Crippen LogP) is 3.55. The highest BCUT2D eigenvalue weighted by Gasteiger charge is 2.02. The minimum absolute atomic E-state index is 0.377. The van der Waals surface area contributed by atoms with Crippen molar-refractivity contribution in [1.82, 2.24) is 4.98 Å². The average Bonchev–Trinajstić information content (AvgIpc) is 2.33. The third kappa shape index (κ3) is 5.64. The molecule has 0 atom stereocenters. The normalized spacial score (nSPS) is 10.3. The summed E-state index contributed by atoms with van der Waals surface area (Å²) in [6, 6.07) is 5.84. The lowest BCUT2D eigenvalue weighted by Crippen LogP contribution is -2.01. The molecule has 0 aliphatic carbocycles. The molecule has 1 aromatic rings. The minimum atomic E-state index is 0.377. The molecule has 0 radical (unpaired) electrons. The van der Waals surface area contributed by atoms with E-state index in [1.54, 1.807) is 6.20 Å². The number of pyridine rings is 1. The van der Waals surface area contributed by atoms with Crippen molar-refractivity contribution in [2.45, 2.75) is 51.9 Å². The molecule has 2 nitrogen and oxygen atoms in total. The number of ketones is 1. The Morgan fingerprint density at radius 2 is 2.06 bits per heavy atom. The van der Waals surface area contributed by atoms with E-state index in [0.29, 0.717) is 12.2 Å². The maximum absolute atomic E-state index is 11.6. The molecule has 0 amide bonds. The molecule has 0 saturated heterocycles. The Kier molecular flexibility index (Phi) is 6.47. The third-order valence-electron chi connectivity index (χ3n) is 2.70. The number of nitrogens with zero attached hydrogens (tertiary/aromatic N) is 1. The second-order valence-electron chi connectivity index (χ2n) is 4.17. The molecule has 0 aliphatic heterocycles. The molecule has 0 fully saturated rings. The molecular formula is C14H21NO. The lowest BCUT2D eigenvalue weighted by molar-refractivity contribution is -0.119. The lowest BCUT2D eigenvalue weighted by Gasteiger charge is -2.01. The average molecular weight is 219 g/mol. The molecule has 2 heteroatoms. The molecular weight excluding hydrogens is 198 g/mol. The molecule has 1 rings (SSSR count). The van der Waals surface area contributed by atoms with E-state index in [1.165, 1.54) is 19.3 Å². The first-order valence-electron chi connectivity index (χ1n) is 6.24. The van der Waals surface area contributed by atoms with Crippen LogP contribution in [-0.4, -0.2) is 10.8 Å². The van der Waals surface area contributed by atoms with Gasteiger partial charge in [0.1, 0.15) is 5.78 Å². The van der Waals surface area contributed by atoms with Crippen molar-refractivity contribution in [3.63, 3.8) is 0 Å². The van der Waals surface area contributed by atoms with E-state index < -0.39 is 0 Å². The van der Waals surface area contributed by atoms with Gasteiger partial charge in [-0.2, -0.15) is 0 Å². The molecule has 16 heavy (non-hydrogen) atoms. The monoisotopic (exact) mass is 219 g/mol. The Balaban J connectivity index is 2.11. The summed E-state index contributed by atoms with van der Waals surface area (Å²) in [6.07, 6.45) is 8.65. The van der Waals surface area contributed by atoms with Crippen molar-refractivity contribution in [2.24, 2.45) is 0 Å². The van der Waals surface area contributed by atoms with Gasteiger partial charge in [0, 0.05) is 24.7 Å². The third-order valence-corrected chi connectivity index (χ3v) is 2.70. The molecule has 0 aromatic carbocycles. The first-order chi connectivity index (χ1) is 7.83. The van der Waals surface area contributed by atoms with Crippen LogP contribution in [-0.2, 0) is 11.2 Å². The van der Waals surface area contributed by atoms with Gasteiger partial charge in [-0.15, -0.1) is 0 Å². The summed E-state index contributed by atoms with van der Waals surface area (Å²) < 4.78 is 0. The van der Waals surface area contributed by atoms with Gasteiger partial charge in [-0.25, -0.2) is 0 Å². The van der Waals surface area contributed by atoms with Gasteiger partial charge in [0.2, 0.25) is 0 Å². The Bertz CT molecular complexity index is 295. The highest BCUT2D eigenvalue weighted by Crippen LogP contribution is 2.06. The van der Waals surface area contributed by atoms with Crippen molar-refractivity contribution in [3.05, 3.63) is 30.1 Å². The molecule has 1 aromatic heterocycles. The van der Waals surface area contributed by atoms with E-state index in [-0.39, 0.29) is 0 Å². The summed E-state index contributed by atoms with van der Waals surface area (Å²) in [6.45, 7) is 2.18. The molecule has 88 valence electrons. The topological polar surface area (TPSA) is 30.0 Å². The molecule has 0 N–H and O–H groups in total. The van der Waals surface area contributed by atoms with Crippen LogP contribution in [0.25, 0.3) is 0 Å². The second-order valence-corrected chi connectivity index (χ2v) is 4.17. The molecule has 0 bridgehead atoms. The zero-order valence-electron chi connectivity index (χ0n) is 10.1. The number of carbonyl (C=O) groups excluding carboxylic acids is 1. The zero-order valence-corrected chi connectivity index (χ0v) is 10.1. The lowest BCUT2D eigenvalue weighted by atomic mass is 10.1. The Labute approximate surface area is 98.1 Å². The van der Waals surface area contributed by atoms with Crippen LogP contribution in [0.4, 0.5) is 0 Å². The van der Waals surface area contributed by atoms with Gasteiger partial charge in [0.15, 0.2) is 0 Å². The van der Waals surface area contributed by atoms with Crippen molar-refractivity contribution < 1.29 is 4.79 Å². The van der Waals surface area contributed by atoms with Gasteiger partial charge >= 0.3 is 0 Å². The number of Topliss-reactive ketones (excluding diaryl/α,β-unsaturated/α-hetero) is 1. The van der Waals surface area contributed by atoms with Crippen molar-refractivity contribution in [1.29, 1.82) is 0 Å². The summed E-state index contributed by atoms with van der Waals surface area (Å²) in [5.41, 5.74) is 1.02. The van der Waals surface area contributed by atoms with Gasteiger partial charge in [0.05, 0.1) is 0 Å². The van der Waals surface area contributed by atoms with Gasteiger partial charge in [0.25, 0.3) is 0 Å². The smallest absolute Gasteiger partial charge is 0.133 e. The first-order valence-corrected chi connectivity index (χ1v) is 6.24. The maximum atomic E-state index is 11.6. The predicted molar refractivity (Wildman–Crippen MR) is 66.3 cm³/mol. The molecule has 1 heterocycles. The van der Waals surface area contributed by atoms with Crippen molar-refractivity contribution in [2.75, 3.05) is 0 Å². The number of unbranched alkanes of at least 4 members (excludes halogenated alkanes) is 3. The van der Waals surface area contributed by atoms with Gasteiger partial charge in [-0.05, 0) is 25.0 Å². The molecule has 0 spiro atoms. The van der Waals surface area contributed by atoms with Gasteiger partial charge in [-0.1, -0.05) is 32.3 Å². The van der Waals surface area contributed by atoms with Gasteiger partial charge < -0.3 is 0 Å². The second kappa shape index (κ2) is 8.03. The summed E-state index contributed by atoms with van der Waals surface area (Å²) in [4.78, 5) is 15.8. The van der Waals surface area contributed by atoms with Crippen LogP contribution < -0.4 is 0 Å². The van der Waals surface area contributed by atoms with Crippen molar-refractivity contribution in [3.8, 4) is 0 Å². The van der Waals surface area contributed by atoms with E-state index in [9.17, 15) is 4.79 Å². The van der Waals surface area contributed by atoms with Crippen LogP contribution >= 0.6 is 0 Å². The number of aromatic nitrogens is 1. The summed E-state index contributed by atoms with van der Waals surface area (Å²) in [7, 11) is 0. The van der Waals surface area contributed by atoms with E-state index in [4.69, 9.17) is 0 Å². The van der Waals surface area contributed by atoms with Crippen LogP contribution in [0.3, 0.4) is 0 Å². The number of aryl methyl sites for hydroxylation is 1. The number of hydrogen-bond donors (Lipinski definition) is 0. The fourth-order valence-electron chi connectivity index (χ4n) is 1.69. The van der Waals surface area contributed by atoms with Crippen molar-refractivity contribution >= 4 is 5.78 Å². The first kappa shape index (κ1) is 12.9. The van der Waals surface area contributed by atoms with E-state index in [0.717, 1.165) is 25.0 Å². The van der Waals surface area contributed by atoms with Crippen LogP contribution in [0.1, 0.15) is 51.1 Å². The fraction of sp³-hybridized carbons (Fsp3) is 0.571. The SMILES string of the molecule is CCCCCCC(=O)CCc1ccccn1. The Morgan fingerprint density at radius 1 is 1.19 bits per heavy atom. The minimum Gasteiger partial charge on any atom is -0.300 e. The van der Waals surface area contributed by atoms with Crippen LogP contribution in [0.2, 0.25) is 0 Å². The number of carbonyl (C=O) groups is 1. The molecule has 0 aliphatic rings. The summed E-state index contributed by atoms with van der Waals surface area (Å²) >= 11 is 0. The molecule has 0 saturated carbocycles. The van der Waals surface area contributed by atoms with E-state index in [2.05, 4.69) is 11.9 Å².